The van der Waals surface area contributed by atoms with Crippen molar-refractivity contribution in [3.63, 3.8) is 0 Å². The molecule has 0 fully saturated rings. The van der Waals surface area contributed by atoms with E-state index in [1.165, 1.54) is 14.2 Å². The zero-order valence-electron chi connectivity index (χ0n) is 7.84. The SMILES string of the molecule is COOCc1c(F)cc(OC)cc1F. The summed E-state index contributed by atoms with van der Waals surface area (Å²) in [4.78, 5) is 8.68. The number of methoxy groups -OCH3 is 1. The van der Waals surface area contributed by atoms with Crippen molar-refractivity contribution in [1.29, 1.82) is 0 Å². The van der Waals surface area contributed by atoms with Crippen molar-refractivity contribution in [2.24, 2.45) is 0 Å². The Balaban J connectivity index is 2.93. The van der Waals surface area contributed by atoms with Crippen LogP contribution in [0.5, 0.6) is 5.75 Å². The van der Waals surface area contributed by atoms with E-state index in [1.54, 1.807) is 0 Å². The van der Waals surface area contributed by atoms with E-state index in [9.17, 15) is 8.78 Å². The molecule has 0 aliphatic heterocycles. The molecular formula is C9H10F2O3. The highest BCUT2D eigenvalue weighted by Gasteiger charge is 2.11. The van der Waals surface area contributed by atoms with E-state index in [4.69, 9.17) is 0 Å². The van der Waals surface area contributed by atoms with Crippen LogP contribution >= 0.6 is 0 Å². The van der Waals surface area contributed by atoms with Gasteiger partial charge < -0.3 is 4.74 Å². The maximum absolute atomic E-state index is 13.2. The van der Waals surface area contributed by atoms with Gasteiger partial charge in [0.15, 0.2) is 0 Å². The van der Waals surface area contributed by atoms with Gasteiger partial charge in [0.25, 0.3) is 0 Å². The Morgan fingerprint density at radius 1 is 1.14 bits per heavy atom. The summed E-state index contributed by atoms with van der Waals surface area (Å²) in [6.07, 6.45) is 0. The summed E-state index contributed by atoms with van der Waals surface area (Å²) in [5, 5.41) is 0. The molecule has 0 aromatic heterocycles. The van der Waals surface area contributed by atoms with Gasteiger partial charge in [-0.1, -0.05) is 0 Å². The smallest absolute Gasteiger partial charge is 0.135 e. The average Bonchev–Trinajstić information content (AvgIpc) is 2.16. The quantitative estimate of drug-likeness (QED) is 0.555. The molecule has 1 rings (SSSR count). The summed E-state index contributed by atoms with van der Waals surface area (Å²) in [7, 11) is 2.60. The van der Waals surface area contributed by atoms with Gasteiger partial charge in [-0.15, -0.1) is 0 Å². The monoisotopic (exact) mass is 204 g/mol. The summed E-state index contributed by atoms with van der Waals surface area (Å²) < 4.78 is 31.0. The van der Waals surface area contributed by atoms with Crippen molar-refractivity contribution < 1.29 is 23.3 Å². The van der Waals surface area contributed by atoms with Gasteiger partial charge in [0.2, 0.25) is 0 Å². The van der Waals surface area contributed by atoms with Crippen LogP contribution in [0.1, 0.15) is 5.56 Å². The lowest BCUT2D eigenvalue weighted by Crippen LogP contribution is -2.00. The zero-order chi connectivity index (χ0) is 10.6. The maximum Gasteiger partial charge on any atom is 0.135 e. The third-order valence-electron chi connectivity index (χ3n) is 1.67. The lowest BCUT2D eigenvalue weighted by Gasteiger charge is -2.06. The number of hydrogen-bond donors (Lipinski definition) is 0. The normalized spacial score (nSPS) is 10.3. The van der Waals surface area contributed by atoms with Crippen molar-refractivity contribution in [2.45, 2.75) is 6.61 Å². The lowest BCUT2D eigenvalue weighted by molar-refractivity contribution is -0.283. The maximum atomic E-state index is 13.2. The van der Waals surface area contributed by atoms with E-state index in [0.717, 1.165) is 12.1 Å². The average molecular weight is 204 g/mol. The van der Waals surface area contributed by atoms with Gasteiger partial charge in [-0.3, -0.25) is 0 Å². The first-order chi connectivity index (χ1) is 6.69. The van der Waals surface area contributed by atoms with Gasteiger partial charge in [0.05, 0.1) is 19.8 Å². The van der Waals surface area contributed by atoms with E-state index in [1.807, 2.05) is 0 Å². The van der Waals surface area contributed by atoms with Crippen molar-refractivity contribution in [1.82, 2.24) is 0 Å². The van der Waals surface area contributed by atoms with Crippen LogP contribution in [-0.4, -0.2) is 14.2 Å². The predicted octanol–water partition coefficient (Wildman–Crippen LogP) is 2.05. The first-order valence-electron chi connectivity index (χ1n) is 3.86. The highest BCUT2D eigenvalue weighted by molar-refractivity contribution is 5.30. The molecule has 5 heteroatoms. The Bertz CT molecular complexity index is 292. The highest BCUT2D eigenvalue weighted by atomic mass is 19.1. The fraction of sp³-hybridized carbons (Fsp3) is 0.333. The highest BCUT2D eigenvalue weighted by Crippen LogP contribution is 2.20. The summed E-state index contributed by atoms with van der Waals surface area (Å²) in [5.41, 5.74) is -0.187. The Morgan fingerprint density at radius 2 is 1.71 bits per heavy atom. The van der Waals surface area contributed by atoms with E-state index in [-0.39, 0.29) is 17.9 Å². The molecule has 0 saturated heterocycles. The zero-order valence-corrected chi connectivity index (χ0v) is 7.84. The molecule has 0 bridgehead atoms. The van der Waals surface area contributed by atoms with Crippen LogP contribution in [0, 0.1) is 11.6 Å². The Labute approximate surface area is 80.1 Å². The van der Waals surface area contributed by atoms with Crippen LogP contribution in [0.4, 0.5) is 8.78 Å². The van der Waals surface area contributed by atoms with E-state index >= 15 is 0 Å². The molecule has 0 amide bonds. The van der Waals surface area contributed by atoms with Crippen LogP contribution in [0.3, 0.4) is 0 Å². The first kappa shape index (κ1) is 10.9. The van der Waals surface area contributed by atoms with Crippen molar-refractivity contribution >= 4 is 0 Å². The minimum absolute atomic E-state index is 0.126. The van der Waals surface area contributed by atoms with Crippen LogP contribution in [0.15, 0.2) is 12.1 Å². The molecule has 1 aromatic carbocycles. The fourth-order valence-electron chi connectivity index (χ4n) is 0.953. The fourth-order valence-corrected chi connectivity index (χ4v) is 0.953. The van der Waals surface area contributed by atoms with Crippen LogP contribution < -0.4 is 4.74 Å². The third-order valence-corrected chi connectivity index (χ3v) is 1.67. The molecule has 14 heavy (non-hydrogen) atoms. The molecule has 0 unspecified atom stereocenters. The Morgan fingerprint density at radius 3 is 2.14 bits per heavy atom. The molecule has 0 aliphatic carbocycles. The molecule has 78 valence electrons. The molecular weight excluding hydrogens is 194 g/mol. The summed E-state index contributed by atoms with van der Waals surface area (Å²) in [5.74, 6) is -1.32. The molecule has 0 saturated carbocycles. The van der Waals surface area contributed by atoms with Gasteiger partial charge in [-0.25, -0.2) is 18.6 Å². The summed E-state index contributed by atoms with van der Waals surface area (Å²) in [6, 6.07) is 2.16. The second kappa shape index (κ2) is 4.88. The topological polar surface area (TPSA) is 27.7 Å². The Hall–Kier alpha value is -1.20. The largest absolute Gasteiger partial charge is 0.497 e. The number of benzene rings is 1. The molecule has 0 heterocycles. The number of halogens is 2. The van der Waals surface area contributed by atoms with E-state index in [2.05, 4.69) is 14.5 Å². The van der Waals surface area contributed by atoms with Crippen LogP contribution in [0.2, 0.25) is 0 Å². The van der Waals surface area contributed by atoms with E-state index < -0.39 is 11.6 Å². The van der Waals surface area contributed by atoms with Gasteiger partial charge in [-0.05, 0) is 0 Å². The summed E-state index contributed by atoms with van der Waals surface area (Å²) in [6.45, 7) is -0.280. The van der Waals surface area contributed by atoms with Gasteiger partial charge in [0.1, 0.15) is 24.0 Å². The Kier molecular flexibility index (Phi) is 3.79. The summed E-state index contributed by atoms with van der Waals surface area (Å²) >= 11 is 0. The second-order valence-corrected chi connectivity index (χ2v) is 2.50. The van der Waals surface area contributed by atoms with Gasteiger partial charge >= 0.3 is 0 Å². The minimum atomic E-state index is -0.723. The third kappa shape index (κ3) is 2.40. The van der Waals surface area contributed by atoms with Gasteiger partial charge in [-0.2, -0.15) is 0 Å². The van der Waals surface area contributed by atoms with Crippen molar-refractivity contribution in [2.75, 3.05) is 14.2 Å². The molecule has 0 atom stereocenters. The molecule has 0 radical (unpaired) electrons. The standard InChI is InChI=1S/C9H10F2O3/c1-12-6-3-8(10)7(5-14-13-2)9(11)4-6/h3-4H,5H2,1-2H3. The number of hydrogen-bond acceptors (Lipinski definition) is 3. The second-order valence-electron chi connectivity index (χ2n) is 2.50. The lowest BCUT2D eigenvalue weighted by atomic mass is 10.2. The molecule has 0 spiro atoms. The van der Waals surface area contributed by atoms with E-state index in [0.29, 0.717) is 0 Å². The molecule has 0 N–H and O–H groups in total. The van der Waals surface area contributed by atoms with Gasteiger partial charge in [0, 0.05) is 12.1 Å². The van der Waals surface area contributed by atoms with Crippen LogP contribution in [-0.2, 0) is 16.4 Å². The predicted molar refractivity (Wildman–Crippen MR) is 44.7 cm³/mol. The van der Waals surface area contributed by atoms with Crippen LogP contribution in [0.25, 0.3) is 0 Å². The van der Waals surface area contributed by atoms with Crippen molar-refractivity contribution in [3.05, 3.63) is 29.3 Å². The first-order valence-corrected chi connectivity index (χ1v) is 3.86. The molecule has 3 nitrogen and oxygen atoms in total. The van der Waals surface area contributed by atoms with Crippen molar-refractivity contribution in [3.8, 4) is 5.75 Å². The number of rotatable bonds is 4. The number of ether oxygens (including phenoxy) is 1. The molecule has 1 aromatic rings. The minimum Gasteiger partial charge on any atom is -0.497 e. The molecule has 0 aliphatic rings.